The highest BCUT2D eigenvalue weighted by molar-refractivity contribution is 7.89. The van der Waals surface area contributed by atoms with Gasteiger partial charge in [0.2, 0.25) is 10.0 Å². The SMILES string of the molecule is Cc1ccccc1CN1CCN(S(=O)(=O)c2ccc(F)c(F)c2)CC1. The summed E-state index contributed by atoms with van der Waals surface area (Å²) in [4.78, 5) is 1.98. The maximum Gasteiger partial charge on any atom is 0.243 e. The van der Waals surface area contributed by atoms with Crippen LogP contribution < -0.4 is 0 Å². The van der Waals surface area contributed by atoms with Gasteiger partial charge in [0, 0.05) is 32.7 Å². The van der Waals surface area contributed by atoms with Crippen molar-refractivity contribution in [2.75, 3.05) is 26.2 Å². The summed E-state index contributed by atoms with van der Waals surface area (Å²) >= 11 is 0. The Balaban J connectivity index is 1.67. The number of nitrogens with zero attached hydrogens (tertiary/aromatic N) is 2. The second kappa shape index (κ2) is 7.19. The fraction of sp³-hybridized carbons (Fsp3) is 0.333. The number of hydrogen-bond acceptors (Lipinski definition) is 3. The Morgan fingerprint density at radius 1 is 0.960 bits per heavy atom. The van der Waals surface area contributed by atoms with Gasteiger partial charge in [-0.3, -0.25) is 4.90 Å². The van der Waals surface area contributed by atoms with Gasteiger partial charge in [-0.05, 0) is 36.2 Å². The molecule has 0 saturated carbocycles. The molecule has 3 rings (SSSR count). The number of benzene rings is 2. The topological polar surface area (TPSA) is 40.6 Å². The van der Waals surface area contributed by atoms with E-state index in [0.29, 0.717) is 26.2 Å². The van der Waals surface area contributed by atoms with Gasteiger partial charge in [-0.2, -0.15) is 4.31 Å². The van der Waals surface area contributed by atoms with E-state index >= 15 is 0 Å². The molecule has 4 nitrogen and oxygen atoms in total. The van der Waals surface area contributed by atoms with Crippen LogP contribution in [0.3, 0.4) is 0 Å². The lowest BCUT2D eigenvalue weighted by Crippen LogP contribution is -2.48. The molecule has 7 heteroatoms. The lowest BCUT2D eigenvalue weighted by molar-refractivity contribution is 0.181. The van der Waals surface area contributed by atoms with Crippen molar-refractivity contribution in [3.63, 3.8) is 0 Å². The van der Waals surface area contributed by atoms with Crippen molar-refractivity contribution in [3.8, 4) is 0 Å². The third-order valence-corrected chi connectivity index (χ3v) is 6.41. The molecule has 0 atom stereocenters. The average Bonchev–Trinajstić information content (AvgIpc) is 2.60. The van der Waals surface area contributed by atoms with Crippen molar-refractivity contribution in [1.29, 1.82) is 0 Å². The maximum atomic E-state index is 13.4. The molecule has 134 valence electrons. The van der Waals surface area contributed by atoms with E-state index in [2.05, 4.69) is 24.0 Å². The fourth-order valence-electron chi connectivity index (χ4n) is 2.94. The molecular weight excluding hydrogens is 346 g/mol. The molecule has 1 fully saturated rings. The molecule has 0 radical (unpaired) electrons. The van der Waals surface area contributed by atoms with Gasteiger partial charge in [0.05, 0.1) is 4.90 Å². The summed E-state index contributed by atoms with van der Waals surface area (Å²) in [6.07, 6.45) is 0. The van der Waals surface area contributed by atoms with Gasteiger partial charge in [-0.25, -0.2) is 17.2 Å². The lowest BCUT2D eigenvalue weighted by Gasteiger charge is -2.34. The molecule has 2 aromatic rings. The lowest BCUT2D eigenvalue weighted by atomic mass is 10.1. The Hall–Kier alpha value is -1.83. The molecule has 0 aromatic heterocycles. The Bertz CT molecular complexity index is 863. The normalized spacial score (nSPS) is 16.9. The van der Waals surface area contributed by atoms with Crippen LogP contribution in [0, 0.1) is 18.6 Å². The smallest absolute Gasteiger partial charge is 0.243 e. The minimum atomic E-state index is -3.81. The third kappa shape index (κ3) is 3.89. The van der Waals surface area contributed by atoms with Crippen LogP contribution in [0.2, 0.25) is 0 Å². The van der Waals surface area contributed by atoms with E-state index < -0.39 is 21.7 Å². The van der Waals surface area contributed by atoms with E-state index in [1.54, 1.807) is 0 Å². The quantitative estimate of drug-likeness (QED) is 0.836. The van der Waals surface area contributed by atoms with E-state index in [4.69, 9.17) is 0 Å². The summed E-state index contributed by atoms with van der Waals surface area (Å²) in [5.74, 6) is -2.21. The first-order valence-corrected chi connectivity index (χ1v) is 9.54. The molecule has 25 heavy (non-hydrogen) atoms. The molecule has 0 bridgehead atoms. The number of piperazine rings is 1. The van der Waals surface area contributed by atoms with Crippen molar-refractivity contribution < 1.29 is 17.2 Å². The summed E-state index contributed by atoms with van der Waals surface area (Å²) in [6.45, 7) is 4.67. The molecule has 0 amide bonds. The molecule has 2 aromatic carbocycles. The monoisotopic (exact) mass is 366 g/mol. The summed E-state index contributed by atoms with van der Waals surface area (Å²) in [5.41, 5.74) is 2.43. The van der Waals surface area contributed by atoms with Crippen molar-refractivity contribution in [2.24, 2.45) is 0 Å². The van der Waals surface area contributed by atoms with Gasteiger partial charge in [-0.1, -0.05) is 24.3 Å². The van der Waals surface area contributed by atoms with Gasteiger partial charge in [0.15, 0.2) is 11.6 Å². The van der Waals surface area contributed by atoms with Crippen molar-refractivity contribution >= 4 is 10.0 Å². The van der Waals surface area contributed by atoms with Gasteiger partial charge in [0.1, 0.15) is 0 Å². The summed E-state index contributed by atoms with van der Waals surface area (Å²) in [7, 11) is -3.81. The van der Waals surface area contributed by atoms with Gasteiger partial charge in [0.25, 0.3) is 0 Å². The van der Waals surface area contributed by atoms with Gasteiger partial charge in [-0.15, -0.1) is 0 Å². The first kappa shape index (κ1) is 18.0. The molecule has 1 heterocycles. The zero-order valence-corrected chi connectivity index (χ0v) is 14.8. The predicted molar refractivity (Wildman–Crippen MR) is 91.6 cm³/mol. The zero-order valence-electron chi connectivity index (χ0n) is 14.0. The number of rotatable bonds is 4. The van der Waals surface area contributed by atoms with Crippen LogP contribution in [-0.2, 0) is 16.6 Å². The molecule has 1 aliphatic rings. The van der Waals surface area contributed by atoms with Crippen molar-refractivity contribution in [1.82, 2.24) is 9.21 Å². The highest BCUT2D eigenvalue weighted by atomic mass is 32.2. The molecule has 0 N–H and O–H groups in total. The van der Waals surface area contributed by atoms with Crippen LogP contribution in [0.1, 0.15) is 11.1 Å². The average molecular weight is 366 g/mol. The maximum absolute atomic E-state index is 13.4. The number of sulfonamides is 1. The van der Waals surface area contributed by atoms with Crippen LogP contribution in [0.15, 0.2) is 47.4 Å². The predicted octanol–water partition coefficient (Wildman–Crippen LogP) is 2.78. The molecule has 0 aliphatic carbocycles. The minimum Gasteiger partial charge on any atom is -0.296 e. The second-order valence-electron chi connectivity index (χ2n) is 6.18. The largest absolute Gasteiger partial charge is 0.296 e. The Kier molecular flexibility index (Phi) is 5.17. The van der Waals surface area contributed by atoms with Crippen LogP contribution in [0.25, 0.3) is 0 Å². The summed E-state index contributed by atoms with van der Waals surface area (Å²) in [5, 5.41) is 0. The van der Waals surface area contributed by atoms with E-state index in [1.165, 1.54) is 15.4 Å². The van der Waals surface area contributed by atoms with Gasteiger partial charge < -0.3 is 0 Å². The zero-order chi connectivity index (χ0) is 18.0. The standard InChI is InChI=1S/C18H20F2N2O2S/c1-14-4-2-3-5-15(14)13-21-8-10-22(11-9-21)25(23,24)16-6-7-17(19)18(20)12-16/h2-7,12H,8-11,13H2,1H3. The minimum absolute atomic E-state index is 0.209. The number of hydrogen-bond donors (Lipinski definition) is 0. The van der Waals surface area contributed by atoms with Crippen LogP contribution in [0.5, 0.6) is 0 Å². The molecule has 1 aliphatic heterocycles. The van der Waals surface area contributed by atoms with Crippen molar-refractivity contribution in [2.45, 2.75) is 18.4 Å². The highest BCUT2D eigenvalue weighted by Gasteiger charge is 2.29. The van der Waals surface area contributed by atoms with Crippen molar-refractivity contribution in [3.05, 3.63) is 65.2 Å². The Morgan fingerprint density at radius 3 is 2.28 bits per heavy atom. The Morgan fingerprint density at radius 2 is 1.64 bits per heavy atom. The molecule has 0 spiro atoms. The molecule has 1 saturated heterocycles. The third-order valence-electron chi connectivity index (χ3n) is 4.52. The summed E-state index contributed by atoms with van der Waals surface area (Å²) < 4.78 is 52.9. The Labute approximate surface area is 146 Å². The van der Waals surface area contributed by atoms with Gasteiger partial charge >= 0.3 is 0 Å². The van der Waals surface area contributed by atoms with Crippen LogP contribution in [0.4, 0.5) is 8.78 Å². The van der Waals surface area contributed by atoms with E-state index in [0.717, 1.165) is 24.7 Å². The first-order valence-electron chi connectivity index (χ1n) is 8.10. The molecule has 0 unspecified atom stereocenters. The molecular formula is C18H20F2N2O2S. The van der Waals surface area contributed by atoms with Crippen LogP contribution in [-0.4, -0.2) is 43.8 Å². The first-order chi connectivity index (χ1) is 11.9. The highest BCUT2D eigenvalue weighted by Crippen LogP contribution is 2.21. The number of halogens is 2. The van der Waals surface area contributed by atoms with E-state index in [-0.39, 0.29) is 4.90 Å². The van der Waals surface area contributed by atoms with E-state index in [1.807, 2.05) is 12.1 Å². The number of aryl methyl sites for hydroxylation is 1. The fourth-order valence-corrected chi connectivity index (χ4v) is 4.38. The second-order valence-corrected chi connectivity index (χ2v) is 8.12. The van der Waals surface area contributed by atoms with Crippen LogP contribution >= 0.6 is 0 Å². The van der Waals surface area contributed by atoms with E-state index in [9.17, 15) is 17.2 Å². The summed E-state index contributed by atoms with van der Waals surface area (Å²) in [6, 6.07) is 10.8.